The van der Waals surface area contributed by atoms with Crippen LogP contribution in [0.5, 0.6) is 0 Å². The lowest BCUT2D eigenvalue weighted by molar-refractivity contribution is -0.0466. The van der Waals surface area contributed by atoms with Gasteiger partial charge in [0.2, 0.25) is 0 Å². The SMILES string of the molecule is CCN(CC1CN(c2ccccc2)CC(CO)O1)c1ccccc1. The van der Waals surface area contributed by atoms with Gasteiger partial charge in [-0.3, -0.25) is 0 Å². The second-order valence-electron chi connectivity index (χ2n) is 6.18. The Balaban J connectivity index is 1.72. The number of likely N-dealkylation sites (N-methyl/N-ethyl adjacent to an activating group) is 1. The van der Waals surface area contributed by atoms with E-state index in [-0.39, 0.29) is 18.8 Å². The van der Waals surface area contributed by atoms with Crippen LogP contribution in [-0.4, -0.2) is 50.1 Å². The van der Waals surface area contributed by atoms with E-state index in [1.54, 1.807) is 0 Å². The Hall–Kier alpha value is -2.04. The maximum atomic E-state index is 9.62. The third-order valence-corrected chi connectivity index (χ3v) is 4.49. The van der Waals surface area contributed by atoms with E-state index in [2.05, 4.69) is 65.3 Å². The van der Waals surface area contributed by atoms with Crippen molar-refractivity contribution in [3.63, 3.8) is 0 Å². The standard InChI is InChI=1S/C20H26N2O2/c1-2-21(17-9-5-3-6-10-17)13-19-14-22(15-20(16-23)24-19)18-11-7-4-8-12-18/h3-12,19-20,23H,2,13-16H2,1H3. The number of hydrogen-bond donors (Lipinski definition) is 1. The number of aliphatic hydroxyl groups excluding tert-OH is 1. The van der Waals surface area contributed by atoms with Gasteiger partial charge in [-0.1, -0.05) is 36.4 Å². The number of para-hydroxylation sites is 2. The Morgan fingerprint density at radius 1 is 1.00 bits per heavy atom. The molecule has 1 heterocycles. The largest absolute Gasteiger partial charge is 0.394 e. The minimum atomic E-state index is -0.140. The van der Waals surface area contributed by atoms with Gasteiger partial charge in [-0.25, -0.2) is 0 Å². The zero-order chi connectivity index (χ0) is 16.8. The second kappa shape index (κ2) is 8.18. The summed E-state index contributed by atoms with van der Waals surface area (Å²) in [7, 11) is 0. The van der Waals surface area contributed by atoms with E-state index in [1.807, 2.05) is 12.1 Å². The number of anilines is 2. The van der Waals surface area contributed by atoms with Gasteiger partial charge in [0, 0.05) is 37.6 Å². The highest BCUT2D eigenvalue weighted by Crippen LogP contribution is 2.22. The molecule has 1 aliphatic rings. The Morgan fingerprint density at radius 2 is 1.62 bits per heavy atom. The summed E-state index contributed by atoms with van der Waals surface area (Å²) in [6.07, 6.45) is -0.0744. The van der Waals surface area contributed by atoms with E-state index in [0.29, 0.717) is 0 Å². The zero-order valence-electron chi connectivity index (χ0n) is 14.2. The van der Waals surface area contributed by atoms with Crippen LogP contribution < -0.4 is 9.80 Å². The lowest BCUT2D eigenvalue weighted by Gasteiger charge is -2.40. The molecule has 0 aromatic heterocycles. The molecule has 128 valence electrons. The molecule has 0 aliphatic carbocycles. The molecule has 1 aliphatic heterocycles. The highest BCUT2D eigenvalue weighted by atomic mass is 16.5. The van der Waals surface area contributed by atoms with Gasteiger partial charge in [0.25, 0.3) is 0 Å². The van der Waals surface area contributed by atoms with Crippen molar-refractivity contribution in [2.24, 2.45) is 0 Å². The van der Waals surface area contributed by atoms with Crippen LogP contribution in [0.15, 0.2) is 60.7 Å². The first-order valence-electron chi connectivity index (χ1n) is 8.66. The molecular formula is C20H26N2O2. The summed E-state index contributed by atoms with van der Waals surface area (Å²) in [6, 6.07) is 20.8. The van der Waals surface area contributed by atoms with Gasteiger partial charge in [-0.05, 0) is 31.2 Å². The van der Waals surface area contributed by atoms with Crippen LogP contribution in [-0.2, 0) is 4.74 Å². The summed E-state index contributed by atoms with van der Waals surface area (Å²) in [6.45, 7) is 5.53. The highest BCUT2D eigenvalue weighted by molar-refractivity contribution is 5.48. The molecule has 3 rings (SSSR count). The Kier molecular flexibility index (Phi) is 5.72. The number of morpholine rings is 1. The molecule has 0 bridgehead atoms. The molecule has 1 N–H and O–H groups in total. The van der Waals surface area contributed by atoms with Crippen LogP contribution in [0.25, 0.3) is 0 Å². The first-order valence-corrected chi connectivity index (χ1v) is 8.66. The lowest BCUT2D eigenvalue weighted by Crippen LogP contribution is -2.52. The first kappa shape index (κ1) is 16.8. The van der Waals surface area contributed by atoms with E-state index < -0.39 is 0 Å². The van der Waals surface area contributed by atoms with E-state index in [1.165, 1.54) is 11.4 Å². The minimum absolute atomic E-state index is 0.0529. The number of nitrogens with zero attached hydrogens (tertiary/aromatic N) is 2. The molecule has 2 atom stereocenters. The zero-order valence-corrected chi connectivity index (χ0v) is 14.2. The summed E-state index contributed by atoms with van der Waals surface area (Å²) in [5.74, 6) is 0. The number of ether oxygens (including phenoxy) is 1. The van der Waals surface area contributed by atoms with E-state index in [0.717, 1.165) is 26.2 Å². The van der Waals surface area contributed by atoms with Crippen molar-refractivity contribution in [2.75, 3.05) is 42.6 Å². The maximum absolute atomic E-state index is 9.62. The Morgan fingerprint density at radius 3 is 2.25 bits per heavy atom. The van der Waals surface area contributed by atoms with Crippen LogP contribution in [0.1, 0.15) is 6.92 Å². The van der Waals surface area contributed by atoms with Gasteiger partial charge < -0.3 is 19.6 Å². The Labute approximate surface area is 144 Å². The van der Waals surface area contributed by atoms with Crippen molar-refractivity contribution < 1.29 is 9.84 Å². The van der Waals surface area contributed by atoms with Gasteiger partial charge in [-0.2, -0.15) is 0 Å². The maximum Gasteiger partial charge on any atom is 0.0985 e. The summed E-state index contributed by atoms with van der Waals surface area (Å²) >= 11 is 0. The number of aliphatic hydroxyl groups is 1. The summed E-state index contributed by atoms with van der Waals surface area (Å²) < 4.78 is 6.11. The topological polar surface area (TPSA) is 35.9 Å². The van der Waals surface area contributed by atoms with Crippen molar-refractivity contribution in [3.05, 3.63) is 60.7 Å². The molecule has 24 heavy (non-hydrogen) atoms. The first-order chi connectivity index (χ1) is 11.8. The van der Waals surface area contributed by atoms with E-state index in [4.69, 9.17) is 4.74 Å². The third kappa shape index (κ3) is 4.08. The monoisotopic (exact) mass is 326 g/mol. The van der Waals surface area contributed by atoms with Gasteiger partial charge >= 0.3 is 0 Å². The van der Waals surface area contributed by atoms with E-state index in [9.17, 15) is 5.11 Å². The quantitative estimate of drug-likeness (QED) is 0.885. The van der Waals surface area contributed by atoms with Gasteiger partial charge in [0.1, 0.15) is 0 Å². The van der Waals surface area contributed by atoms with Crippen LogP contribution in [0, 0.1) is 0 Å². The molecule has 0 saturated carbocycles. The van der Waals surface area contributed by atoms with Gasteiger partial charge in [-0.15, -0.1) is 0 Å². The number of rotatable bonds is 6. The predicted molar refractivity (Wildman–Crippen MR) is 98.7 cm³/mol. The number of benzene rings is 2. The van der Waals surface area contributed by atoms with Crippen LogP contribution in [0.3, 0.4) is 0 Å². The molecule has 0 spiro atoms. The second-order valence-corrected chi connectivity index (χ2v) is 6.18. The fourth-order valence-corrected chi connectivity index (χ4v) is 3.28. The predicted octanol–water partition coefficient (Wildman–Crippen LogP) is 2.78. The van der Waals surface area contributed by atoms with Crippen molar-refractivity contribution in [1.29, 1.82) is 0 Å². The van der Waals surface area contributed by atoms with Crippen molar-refractivity contribution in [2.45, 2.75) is 19.1 Å². The molecule has 0 amide bonds. The minimum Gasteiger partial charge on any atom is -0.394 e. The molecule has 2 unspecified atom stereocenters. The third-order valence-electron chi connectivity index (χ3n) is 4.49. The van der Waals surface area contributed by atoms with Crippen molar-refractivity contribution in [3.8, 4) is 0 Å². The summed E-state index contributed by atoms with van der Waals surface area (Å²) in [5.41, 5.74) is 2.40. The molecule has 2 aromatic carbocycles. The van der Waals surface area contributed by atoms with E-state index >= 15 is 0 Å². The molecule has 1 saturated heterocycles. The van der Waals surface area contributed by atoms with Crippen molar-refractivity contribution >= 4 is 11.4 Å². The average Bonchev–Trinajstić information content (AvgIpc) is 2.67. The van der Waals surface area contributed by atoms with Crippen molar-refractivity contribution in [1.82, 2.24) is 0 Å². The fraction of sp³-hybridized carbons (Fsp3) is 0.400. The van der Waals surface area contributed by atoms with Gasteiger partial charge in [0.15, 0.2) is 0 Å². The fourth-order valence-electron chi connectivity index (χ4n) is 3.28. The van der Waals surface area contributed by atoms with Crippen LogP contribution in [0.2, 0.25) is 0 Å². The Bertz CT molecular complexity index is 606. The average molecular weight is 326 g/mol. The van der Waals surface area contributed by atoms with Gasteiger partial charge in [0.05, 0.1) is 18.8 Å². The molecule has 0 radical (unpaired) electrons. The molecular weight excluding hydrogens is 300 g/mol. The lowest BCUT2D eigenvalue weighted by atomic mass is 10.1. The molecule has 1 fully saturated rings. The highest BCUT2D eigenvalue weighted by Gasteiger charge is 2.28. The summed E-state index contributed by atoms with van der Waals surface area (Å²) in [4.78, 5) is 4.64. The summed E-state index contributed by atoms with van der Waals surface area (Å²) in [5, 5.41) is 9.62. The molecule has 4 nitrogen and oxygen atoms in total. The smallest absolute Gasteiger partial charge is 0.0985 e. The molecule has 2 aromatic rings. The van der Waals surface area contributed by atoms with Crippen LogP contribution >= 0.6 is 0 Å². The normalized spacial score (nSPS) is 20.8. The van der Waals surface area contributed by atoms with Crippen LogP contribution in [0.4, 0.5) is 11.4 Å². The molecule has 4 heteroatoms. The number of hydrogen-bond acceptors (Lipinski definition) is 4.